The molecule has 1 atom stereocenters. The van der Waals surface area contributed by atoms with Crippen LogP contribution in [0.4, 0.5) is 0 Å². The minimum absolute atomic E-state index is 0.433. The van der Waals surface area contributed by atoms with Gasteiger partial charge in [0.25, 0.3) is 0 Å². The quantitative estimate of drug-likeness (QED) is 0.615. The van der Waals surface area contributed by atoms with Crippen LogP contribution in [0.5, 0.6) is 0 Å². The highest BCUT2D eigenvalue weighted by atomic mass is 32.1. The first kappa shape index (κ1) is 20.8. The average Bonchev–Trinajstić information content (AvgIpc) is 3.45. The topological polar surface area (TPSA) is 28.6 Å². The second kappa shape index (κ2) is 10.0. The molecular formula is C23H39N3OS. The molecule has 4 rings (SSSR count). The van der Waals surface area contributed by atoms with Gasteiger partial charge in [-0.15, -0.1) is 11.3 Å². The number of ether oxygens (including phenoxy) is 1. The zero-order chi connectivity index (χ0) is 19.3. The molecule has 2 aliphatic heterocycles. The van der Waals surface area contributed by atoms with Crippen LogP contribution in [-0.2, 0) is 11.3 Å². The van der Waals surface area contributed by atoms with Gasteiger partial charge in [0.1, 0.15) is 5.01 Å². The monoisotopic (exact) mass is 405 g/mol. The van der Waals surface area contributed by atoms with Crippen molar-refractivity contribution in [2.24, 2.45) is 5.92 Å². The van der Waals surface area contributed by atoms with E-state index in [-0.39, 0.29) is 0 Å². The third-order valence-corrected chi connectivity index (χ3v) is 7.86. The van der Waals surface area contributed by atoms with Crippen molar-refractivity contribution >= 4 is 11.3 Å². The van der Waals surface area contributed by atoms with E-state index in [1.54, 1.807) is 0 Å². The fourth-order valence-corrected chi connectivity index (χ4v) is 6.27. The van der Waals surface area contributed by atoms with Crippen LogP contribution < -0.4 is 0 Å². The van der Waals surface area contributed by atoms with Crippen molar-refractivity contribution in [1.82, 2.24) is 14.8 Å². The molecule has 2 saturated heterocycles. The summed E-state index contributed by atoms with van der Waals surface area (Å²) in [6.45, 7) is 11.4. The van der Waals surface area contributed by atoms with E-state index in [1.165, 1.54) is 81.7 Å². The van der Waals surface area contributed by atoms with Crippen molar-refractivity contribution in [3.8, 4) is 0 Å². The summed E-state index contributed by atoms with van der Waals surface area (Å²) in [4.78, 5) is 10.4. The van der Waals surface area contributed by atoms with Crippen LogP contribution in [0.2, 0.25) is 0 Å². The molecule has 4 nitrogen and oxygen atoms in total. The van der Waals surface area contributed by atoms with Crippen molar-refractivity contribution in [1.29, 1.82) is 0 Å². The molecule has 0 radical (unpaired) electrons. The number of piperidine rings is 1. The van der Waals surface area contributed by atoms with Crippen LogP contribution in [0, 0.1) is 5.92 Å². The van der Waals surface area contributed by atoms with Crippen LogP contribution in [0.15, 0.2) is 5.38 Å². The minimum atomic E-state index is 0.433. The molecule has 1 aromatic heterocycles. The van der Waals surface area contributed by atoms with Crippen molar-refractivity contribution in [3.05, 3.63) is 16.1 Å². The largest absolute Gasteiger partial charge is 0.377 e. The van der Waals surface area contributed by atoms with Gasteiger partial charge in [0.2, 0.25) is 0 Å². The highest BCUT2D eigenvalue weighted by molar-refractivity contribution is 7.09. The number of hydrogen-bond donors (Lipinski definition) is 0. The molecule has 3 aliphatic rings. The molecule has 0 N–H and O–H groups in total. The molecule has 1 aliphatic carbocycles. The lowest BCUT2D eigenvalue weighted by Crippen LogP contribution is -2.43. The maximum absolute atomic E-state index is 5.97. The molecule has 1 unspecified atom stereocenters. The Morgan fingerprint density at radius 2 is 1.89 bits per heavy atom. The summed E-state index contributed by atoms with van der Waals surface area (Å²) in [5, 5.41) is 3.54. The van der Waals surface area contributed by atoms with Crippen LogP contribution in [0.1, 0.15) is 81.8 Å². The lowest BCUT2D eigenvalue weighted by Gasteiger charge is -2.38. The SMILES string of the molecule is CC(C)c1csc(CN(CC2CCN(C3CCCC3)CC2)CC2CCCO2)n1. The van der Waals surface area contributed by atoms with Gasteiger partial charge in [-0.25, -0.2) is 4.98 Å². The Morgan fingerprint density at radius 1 is 1.11 bits per heavy atom. The summed E-state index contributed by atoms with van der Waals surface area (Å²) in [6, 6.07) is 0.897. The normalized spacial score (nSPS) is 25.5. The number of hydrogen-bond acceptors (Lipinski definition) is 5. The lowest BCUT2D eigenvalue weighted by atomic mass is 9.94. The van der Waals surface area contributed by atoms with Gasteiger partial charge in [-0.05, 0) is 63.5 Å². The van der Waals surface area contributed by atoms with Crippen molar-refractivity contribution in [2.75, 3.05) is 32.8 Å². The first-order valence-electron chi connectivity index (χ1n) is 11.7. The fraction of sp³-hybridized carbons (Fsp3) is 0.870. The van der Waals surface area contributed by atoms with E-state index in [0.717, 1.165) is 31.7 Å². The van der Waals surface area contributed by atoms with Crippen LogP contribution in [0.3, 0.4) is 0 Å². The van der Waals surface area contributed by atoms with E-state index in [0.29, 0.717) is 12.0 Å². The number of thiazole rings is 1. The number of aromatic nitrogens is 1. The molecule has 3 fully saturated rings. The van der Waals surface area contributed by atoms with E-state index in [4.69, 9.17) is 9.72 Å². The lowest BCUT2D eigenvalue weighted by molar-refractivity contribution is 0.0539. The Morgan fingerprint density at radius 3 is 2.54 bits per heavy atom. The molecule has 1 aromatic rings. The molecule has 28 heavy (non-hydrogen) atoms. The first-order chi connectivity index (χ1) is 13.7. The Kier molecular flexibility index (Phi) is 7.43. The summed E-state index contributed by atoms with van der Waals surface area (Å²) < 4.78 is 5.97. The van der Waals surface area contributed by atoms with Gasteiger partial charge in [0.05, 0.1) is 18.3 Å². The van der Waals surface area contributed by atoms with Gasteiger partial charge in [-0.1, -0.05) is 26.7 Å². The highest BCUT2D eigenvalue weighted by Gasteiger charge is 2.29. The minimum Gasteiger partial charge on any atom is -0.377 e. The summed E-state index contributed by atoms with van der Waals surface area (Å²) in [7, 11) is 0. The zero-order valence-corrected chi connectivity index (χ0v) is 18.8. The summed E-state index contributed by atoms with van der Waals surface area (Å²) >= 11 is 1.84. The molecule has 0 amide bonds. The Hall–Kier alpha value is -0.490. The van der Waals surface area contributed by atoms with E-state index in [2.05, 4.69) is 29.0 Å². The number of likely N-dealkylation sites (tertiary alicyclic amines) is 1. The Balaban J connectivity index is 1.32. The highest BCUT2D eigenvalue weighted by Crippen LogP contribution is 2.29. The molecular weight excluding hydrogens is 366 g/mol. The average molecular weight is 406 g/mol. The first-order valence-corrected chi connectivity index (χ1v) is 12.6. The molecule has 1 saturated carbocycles. The van der Waals surface area contributed by atoms with Gasteiger partial charge < -0.3 is 9.64 Å². The molecule has 3 heterocycles. The summed E-state index contributed by atoms with van der Waals surface area (Å²) in [5.74, 6) is 1.36. The number of rotatable bonds is 8. The van der Waals surface area contributed by atoms with Gasteiger partial charge in [0, 0.05) is 31.1 Å². The van der Waals surface area contributed by atoms with E-state index in [9.17, 15) is 0 Å². The van der Waals surface area contributed by atoms with Gasteiger partial charge in [-0.2, -0.15) is 0 Å². The zero-order valence-electron chi connectivity index (χ0n) is 17.9. The number of nitrogens with zero attached hydrogens (tertiary/aromatic N) is 3. The van der Waals surface area contributed by atoms with Crippen molar-refractivity contribution < 1.29 is 4.74 Å². The summed E-state index contributed by atoms with van der Waals surface area (Å²) in [5.41, 5.74) is 1.25. The predicted molar refractivity (Wildman–Crippen MR) is 117 cm³/mol. The molecule has 0 aromatic carbocycles. The fourth-order valence-electron chi connectivity index (χ4n) is 5.27. The predicted octanol–water partition coefficient (Wildman–Crippen LogP) is 4.90. The van der Waals surface area contributed by atoms with E-state index >= 15 is 0 Å². The third kappa shape index (κ3) is 5.56. The van der Waals surface area contributed by atoms with Crippen LogP contribution in [-0.4, -0.2) is 59.7 Å². The Bertz CT molecular complexity index is 584. The molecule has 5 heteroatoms. The van der Waals surface area contributed by atoms with Crippen molar-refractivity contribution in [2.45, 2.75) is 89.8 Å². The van der Waals surface area contributed by atoms with Gasteiger partial charge in [-0.3, -0.25) is 4.90 Å². The second-order valence-electron chi connectivity index (χ2n) is 9.57. The molecule has 0 bridgehead atoms. The standard InChI is InChI=1S/C23H39N3OS/c1-18(2)22-17-28-23(24-22)16-25(15-21-8-5-13-27-21)14-19-9-11-26(12-10-19)20-6-3-4-7-20/h17-21H,3-16H2,1-2H3. The van der Waals surface area contributed by atoms with Crippen LogP contribution >= 0.6 is 11.3 Å². The van der Waals surface area contributed by atoms with E-state index in [1.807, 2.05) is 11.3 Å². The smallest absolute Gasteiger partial charge is 0.107 e. The maximum atomic E-state index is 5.97. The van der Waals surface area contributed by atoms with E-state index < -0.39 is 0 Å². The Labute approximate surface area is 175 Å². The third-order valence-electron chi connectivity index (χ3n) is 7.01. The van der Waals surface area contributed by atoms with Crippen molar-refractivity contribution in [3.63, 3.8) is 0 Å². The van der Waals surface area contributed by atoms with Crippen LogP contribution in [0.25, 0.3) is 0 Å². The summed E-state index contributed by atoms with van der Waals surface area (Å²) in [6.07, 6.45) is 11.4. The maximum Gasteiger partial charge on any atom is 0.107 e. The molecule has 158 valence electrons. The second-order valence-corrected chi connectivity index (χ2v) is 10.5. The molecule has 0 spiro atoms. The van der Waals surface area contributed by atoms with Gasteiger partial charge >= 0.3 is 0 Å². The van der Waals surface area contributed by atoms with Gasteiger partial charge in [0.15, 0.2) is 0 Å².